The Morgan fingerprint density at radius 1 is 1.37 bits per heavy atom. The summed E-state index contributed by atoms with van der Waals surface area (Å²) in [6.45, 7) is 0. The number of ether oxygens (including phenoxy) is 1. The molecule has 2 aliphatic rings. The number of nitrogens with one attached hydrogen (secondary N) is 1. The fourth-order valence-corrected chi connectivity index (χ4v) is 2.82. The van der Waals surface area contributed by atoms with Gasteiger partial charge in [-0.3, -0.25) is 4.79 Å². The number of amides is 1. The molecule has 3 rings (SSSR count). The van der Waals surface area contributed by atoms with E-state index < -0.39 is 0 Å². The topological polar surface area (TPSA) is 38.3 Å². The number of methoxy groups -OCH3 is 1. The molecule has 0 saturated carbocycles. The van der Waals surface area contributed by atoms with Crippen LogP contribution in [0.2, 0.25) is 0 Å². The standard InChI is InChI=1S/C16H17NO2/c1-19-14-8-3-2-7-13(14)16-12(10-15(18)17-16)9-11-5-4-6-11/h2-8,12,16H,9-10H2,1H3,(H,17,18)/t12-,16?/m0/s1. The molecule has 98 valence electrons. The highest BCUT2D eigenvalue weighted by molar-refractivity contribution is 5.79. The average Bonchev–Trinajstić information content (AvgIpc) is 2.75. The van der Waals surface area contributed by atoms with E-state index in [0.717, 1.165) is 17.7 Å². The molecule has 0 aromatic heterocycles. The molecule has 1 saturated heterocycles. The minimum absolute atomic E-state index is 0.0542. The fourth-order valence-electron chi connectivity index (χ4n) is 2.82. The lowest BCUT2D eigenvalue weighted by Gasteiger charge is -2.22. The number of hydrogen-bond acceptors (Lipinski definition) is 2. The van der Waals surface area contributed by atoms with Crippen molar-refractivity contribution < 1.29 is 9.53 Å². The normalized spacial score (nSPS) is 24.7. The van der Waals surface area contributed by atoms with Crippen LogP contribution in [-0.2, 0) is 4.79 Å². The maximum absolute atomic E-state index is 11.7. The van der Waals surface area contributed by atoms with Crippen LogP contribution in [0, 0.1) is 5.92 Å². The van der Waals surface area contributed by atoms with Gasteiger partial charge in [-0.05, 0) is 24.0 Å². The van der Waals surface area contributed by atoms with Crippen molar-refractivity contribution in [1.29, 1.82) is 0 Å². The third-order valence-corrected chi connectivity index (χ3v) is 3.83. The Kier molecular flexibility index (Phi) is 3.11. The van der Waals surface area contributed by atoms with Gasteiger partial charge in [-0.15, -0.1) is 0 Å². The Morgan fingerprint density at radius 3 is 2.84 bits per heavy atom. The second kappa shape index (κ2) is 4.92. The third kappa shape index (κ3) is 2.28. The van der Waals surface area contributed by atoms with Gasteiger partial charge in [0.25, 0.3) is 0 Å². The van der Waals surface area contributed by atoms with Gasteiger partial charge in [0.1, 0.15) is 5.75 Å². The predicted octanol–water partition coefficient (Wildman–Crippen LogP) is 2.76. The van der Waals surface area contributed by atoms with Crippen molar-refractivity contribution in [2.24, 2.45) is 5.92 Å². The first kappa shape index (κ1) is 12.0. The number of benzene rings is 1. The summed E-state index contributed by atoms with van der Waals surface area (Å²) in [6.07, 6.45) is 7.80. The van der Waals surface area contributed by atoms with Gasteiger partial charge in [0.05, 0.1) is 13.2 Å². The zero-order valence-electron chi connectivity index (χ0n) is 10.9. The van der Waals surface area contributed by atoms with Gasteiger partial charge >= 0.3 is 0 Å². The number of rotatable bonds is 4. The second-order valence-electron chi connectivity index (χ2n) is 5.06. The first-order valence-corrected chi connectivity index (χ1v) is 6.57. The molecule has 1 aliphatic heterocycles. The first-order chi connectivity index (χ1) is 9.28. The van der Waals surface area contributed by atoms with Crippen LogP contribution in [-0.4, -0.2) is 13.0 Å². The summed E-state index contributed by atoms with van der Waals surface area (Å²) in [5.74, 6) is 1.28. The van der Waals surface area contributed by atoms with Crippen molar-refractivity contribution in [2.75, 3.05) is 7.11 Å². The fraction of sp³-hybridized carbons (Fsp3) is 0.312. The molecular formula is C16H17NO2. The highest BCUT2D eigenvalue weighted by Crippen LogP contribution is 2.39. The Hall–Kier alpha value is -2.03. The molecule has 1 aromatic rings. The molecule has 1 unspecified atom stereocenters. The van der Waals surface area contributed by atoms with Gasteiger partial charge in [-0.25, -0.2) is 0 Å². The monoisotopic (exact) mass is 255 g/mol. The van der Waals surface area contributed by atoms with E-state index in [9.17, 15) is 4.79 Å². The van der Waals surface area contributed by atoms with Gasteiger partial charge in [0.2, 0.25) is 5.91 Å². The summed E-state index contributed by atoms with van der Waals surface area (Å²) in [4.78, 5) is 11.7. The zero-order valence-corrected chi connectivity index (χ0v) is 10.9. The van der Waals surface area contributed by atoms with Crippen LogP contribution in [0.1, 0.15) is 24.4 Å². The van der Waals surface area contributed by atoms with Gasteiger partial charge in [-0.1, -0.05) is 36.4 Å². The molecule has 2 atom stereocenters. The summed E-state index contributed by atoms with van der Waals surface area (Å²) < 4.78 is 5.41. The summed E-state index contributed by atoms with van der Waals surface area (Å²) in [6, 6.07) is 7.97. The van der Waals surface area contributed by atoms with Gasteiger partial charge in [0.15, 0.2) is 0 Å². The molecule has 1 aromatic carbocycles. The van der Waals surface area contributed by atoms with Crippen LogP contribution in [0.4, 0.5) is 0 Å². The molecule has 0 bridgehead atoms. The Labute approximate surface area is 113 Å². The van der Waals surface area contributed by atoms with Crippen molar-refractivity contribution in [2.45, 2.75) is 18.9 Å². The quantitative estimate of drug-likeness (QED) is 0.898. The average molecular weight is 255 g/mol. The maximum Gasteiger partial charge on any atom is 0.220 e. The molecule has 3 heteroatoms. The molecule has 0 spiro atoms. The molecular weight excluding hydrogens is 238 g/mol. The van der Waals surface area contributed by atoms with E-state index >= 15 is 0 Å². The van der Waals surface area contributed by atoms with Crippen LogP contribution in [0.15, 0.2) is 48.1 Å². The highest BCUT2D eigenvalue weighted by Gasteiger charge is 2.35. The van der Waals surface area contributed by atoms with E-state index in [1.165, 1.54) is 5.57 Å². The van der Waals surface area contributed by atoms with Crippen molar-refractivity contribution in [3.05, 3.63) is 53.6 Å². The lowest BCUT2D eigenvalue weighted by atomic mass is 9.86. The number of hydrogen-bond donors (Lipinski definition) is 1. The minimum Gasteiger partial charge on any atom is -0.496 e. The third-order valence-electron chi connectivity index (χ3n) is 3.83. The molecule has 1 heterocycles. The Bertz CT molecular complexity index is 560. The van der Waals surface area contributed by atoms with E-state index in [1.54, 1.807) is 7.11 Å². The molecule has 1 aliphatic carbocycles. The summed E-state index contributed by atoms with van der Waals surface area (Å²) in [5, 5.41) is 3.08. The molecule has 1 N–H and O–H groups in total. The Morgan fingerprint density at radius 2 is 2.16 bits per heavy atom. The van der Waals surface area contributed by atoms with E-state index in [2.05, 4.69) is 17.5 Å². The van der Waals surface area contributed by atoms with E-state index in [0.29, 0.717) is 12.3 Å². The minimum atomic E-state index is 0.0542. The number of allylic oxidation sites excluding steroid dienone is 4. The molecule has 1 fully saturated rings. The van der Waals surface area contributed by atoms with Gasteiger partial charge < -0.3 is 10.1 Å². The summed E-state index contributed by atoms with van der Waals surface area (Å²) in [7, 11) is 1.67. The number of carbonyl (C=O) groups excluding carboxylic acids is 1. The SMILES string of the molecule is COc1ccccc1C1NC(=O)C[C@@H]1CC1=CC=C1. The highest BCUT2D eigenvalue weighted by atomic mass is 16.5. The predicted molar refractivity (Wildman–Crippen MR) is 73.8 cm³/mol. The zero-order chi connectivity index (χ0) is 13.2. The van der Waals surface area contributed by atoms with Crippen LogP contribution in [0.5, 0.6) is 5.75 Å². The van der Waals surface area contributed by atoms with E-state index in [1.807, 2.05) is 30.3 Å². The van der Waals surface area contributed by atoms with Crippen molar-refractivity contribution in [3.63, 3.8) is 0 Å². The molecule has 0 radical (unpaired) electrons. The largest absolute Gasteiger partial charge is 0.496 e. The van der Waals surface area contributed by atoms with Crippen molar-refractivity contribution >= 4 is 5.91 Å². The van der Waals surface area contributed by atoms with E-state index in [4.69, 9.17) is 4.74 Å². The number of para-hydroxylation sites is 1. The summed E-state index contributed by atoms with van der Waals surface area (Å²) >= 11 is 0. The molecule has 19 heavy (non-hydrogen) atoms. The molecule has 1 amide bonds. The van der Waals surface area contributed by atoms with Gasteiger partial charge in [0, 0.05) is 12.0 Å². The first-order valence-electron chi connectivity index (χ1n) is 6.57. The molecule has 3 nitrogen and oxygen atoms in total. The second-order valence-corrected chi connectivity index (χ2v) is 5.06. The lowest BCUT2D eigenvalue weighted by molar-refractivity contribution is -0.119. The van der Waals surface area contributed by atoms with Crippen LogP contribution in [0.3, 0.4) is 0 Å². The van der Waals surface area contributed by atoms with Crippen LogP contribution < -0.4 is 10.1 Å². The van der Waals surface area contributed by atoms with Crippen molar-refractivity contribution in [1.82, 2.24) is 5.32 Å². The van der Waals surface area contributed by atoms with Crippen molar-refractivity contribution in [3.8, 4) is 5.75 Å². The maximum atomic E-state index is 11.7. The Balaban J connectivity index is 1.85. The van der Waals surface area contributed by atoms with Crippen LogP contribution in [0.25, 0.3) is 0 Å². The number of carbonyl (C=O) groups is 1. The van der Waals surface area contributed by atoms with Gasteiger partial charge in [-0.2, -0.15) is 0 Å². The summed E-state index contributed by atoms with van der Waals surface area (Å²) in [5.41, 5.74) is 2.39. The lowest BCUT2D eigenvalue weighted by Crippen LogP contribution is -2.21. The smallest absolute Gasteiger partial charge is 0.220 e. The van der Waals surface area contributed by atoms with E-state index in [-0.39, 0.29) is 11.9 Å². The van der Waals surface area contributed by atoms with Crippen LogP contribution >= 0.6 is 0 Å².